The first-order valence-corrected chi connectivity index (χ1v) is 8.32. The lowest BCUT2D eigenvalue weighted by atomic mass is 10.2. The average Bonchev–Trinajstić information content (AvgIpc) is 3.02. The Balaban J connectivity index is 1.79. The monoisotopic (exact) mass is 334 g/mol. The van der Waals surface area contributed by atoms with Crippen LogP contribution in [-0.4, -0.2) is 10.9 Å². The normalized spacial score (nSPS) is 10.5. The number of anilines is 1. The van der Waals surface area contributed by atoms with Gasteiger partial charge < -0.3 is 14.6 Å². The number of rotatable bonds is 5. The Labute approximate surface area is 148 Å². The fourth-order valence-electron chi connectivity index (χ4n) is 2.67. The lowest BCUT2D eigenvalue weighted by Gasteiger charge is -2.23. The van der Waals surface area contributed by atoms with Gasteiger partial charge in [-0.2, -0.15) is 0 Å². The molecule has 4 heteroatoms. The first-order valence-electron chi connectivity index (χ1n) is 8.32. The van der Waals surface area contributed by atoms with Gasteiger partial charge in [0.1, 0.15) is 11.5 Å². The van der Waals surface area contributed by atoms with E-state index in [0.29, 0.717) is 13.1 Å². The molecule has 2 amide bonds. The summed E-state index contributed by atoms with van der Waals surface area (Å²) in [5.74, 6) is 1.61. The number of carbonyl (C=O) groups excluding carboxylic acids is 1. The van der Waals surface area contributed by atoms with Crippen LogP contribution >= 0.6 is 0 Å². The third-order valence-electron chi connectivity index (χ3n) is 4.03. The lowest BCUT2D eigenvalue weighted by Crippen LogP contribution is -2.34. The molecule has 0 fully saturated rings. The minimum Gasteiger partial charge on any atom is -0.464 e. The predicted molar refractivity (Wildman–Crippen MR) is 99.3 cm³/mol. The lowest BCUT2D eigenvalue weighted by molar-refractivity contribution is 0.201. The molecule has 0 saturated carbocycles. The largest absolute Gasteiger partial charge is 0.464 e. The minimum absolute atomic E-state index is 0.146. The second kappa shape index (κ2) is 7.71. The van der Waals surface area contributed by atoms with Crippen LogP contribution in [0.2, 0.25) is 0 Å². The number of nitrogens with zero attached hydrogens (tertiary/aromatic N) is 1. The molecule has 1 aromatic heterocycles. The van der Waals surface area contributed by atoms with Gasteiger partial charge in [-0.05, 0) is 43.2 Å². The van der Waals surface area contributed by atoms with Crippen LogP contribution in [0.3, 0.4) is 0 Å². The van der Waals surface area contributed by atoms with Crippen molar-refractivity contribution in [2.45, 2.75) is 26.9 Å². The van der Waals surface area contributed by atoms with Crippen molar-refractivity contribution in [3.05, 3.63) is 89.4 Å². The van der Waals surface area contributed by atoms with Gasteiger partial charge in [0.25, 0.3) is 0 Å². The molecule has 3 rings (SSSR count). The number of hydrogen-bond acceptors (Lipinski definition) is 2. The number of urea groups is 1. The zero-order valence-electron chi connectivity index (χ0n) is 14.5. The average molecular weight is 334 g/mol. The third-order valence-corrected chi connectivity index (χ3v) is 4.03. The van der Waals surface area contributed by atoms with Crippen LogP contribution in [0.15, 0.2) is 71.1 Å². The molecule has 1 heterocycles. The number of nitrogens with one attached hydrogen (secondary N) is 1. The predicted octanol–water partition coefficient (Wildman–Crippen LogP) is 5.13. The molecule has 0 saturated heterocycles. The number of para-hydroxylation sites is 1. The van der Waals surface area contributed by atoms with E-state index >= 15 is 0 Å². The molecule has 0 aliphatic rings. The van der Waals surface area contributed by atoms with Crippen LogP contribution in [-0.2, 0) is 13.1 Å². The van der Waals surface area contributed by atoms with Gasteiger partial charge in [0, 0.05) is 12.2 Å². The summed E-state index contributed by atoms with van der Waals surface area (Å²) >= 11 is 0. The topological polar surface area (TPSA) is 45.5 Å². The van der Waals surface area contributed by atoms with E-state index in [4.69, 9.17) is 4.42 Å². The van der Waals surface area contributed by atoms with E-state index in [1.165, 1.54) is 0 Å². The highest BCUT2D eigenvalue weighted by Gasteiger charge is 2.17. The molecule has 0 spiro atoms. The van der Waals surface area contributed by atoms with Crippen LogP contribution in [0.5, 0.6) is 0 Å². The Hall–Kier alpha value is -3.01. The second-order valence-electron chi connectivity index (χ2n) is 6.10. The highest BCUT2D eigenvalue weighted by molar-refractivity contribution is 5.90. The number of benzene rings is 2. The number of aryl methyl sites for hydroxylation is 2. The van der Waals surface area contributed by atoms with Gasteiger partial charge in [-0.25, -0.2) is 4.79 Å². The summed E-state index contributed by atoms with van der Waals surface area (Å²) < 4.78 is 5.65. The van der Waals surface area contributed by atoms with Gasteiger partial charge in [-0.1, -0.05) is 48.5 Å². The van der Waals surface area contributed by atoms with E-state index in [0.717, 1.165) is 28.3 Å². The highest BCUT2D eigenvalue weighted by atomic mass is 16.3. The van der Waals surface area contributed by atoms with Gasteiger partial charge in [0.2, 0.25) is 0 Å². The van der Waals surface area contributed by atoms with Gasteiger partial charge in [0.05, 0.1) is 6.54 Å². The van der Waals surface area contributed by atoms with E-state index in [-0.39, 0.29) is 6.03 Å². The first kappa shape index (κ1) is 16.8. The Bertz CT molecular complexity index is 840. The standard InChI is InChI=1S/C21H22N2O2/c1-16-8-6-7-11-20(16)22-21(24)23(14-18-9-4-3-5-10-18)15-19-13-12-17(2)25-19/h3-13H,14-15H2,1-2H3,(H,22,24). The molecule has 2 aromatic carbocycles. The molecule has 0 aliphatic carbocycles. The molecular formula is C21H22N2O2. The molecule has 3 aromatic rings. The molecule has 128 valence electrons. The molecule has 25 heavy (non-hydrogen) atoms. The van der Waals surface area contributed by atoms with E-state index in [1.807, 2.05) is 80.6 Å². The summed E-state index contributed by atoms with van der Waals surface area (Å²) in [5, 5.41) is 3.00. The first-order chi connectivity index (χ1) is 12.1. The summed E-state index contributed by atoms with van der Waals surface area (Å²) in [5.41, 5.74) is 2.93. The van der Waals surface area contributed by atoms with Gasteiger partial charge in [-0.3, -0.25) is 0 Å². The molecule has 1 N–H and O–H groups in total. The number of furan rings is 1. The molecule has 0 radical (unpaired) electrons. The highest BCUT2D eigenvalue weighted by Crippen LogP contribution is 2.17. The summed E-state index contributed by atoms with van der Waals surface area (Å²) in [6, 6.07) is 21.4. The Morgan fingerprint density at radius 2 is 1.64 bits per heavy atom. The second-order valence-corrected chi connectivity index (χ2v) is 6.10. The fourth-order valence-corrected chi connectivity index (χ4v) is 2.67. The van der Waals surface area contributed by atoms with Crippen molar-refractivity contribution >= 4 is 11.7 Å². The Morgan fingerprint density at radius 1 is 0.920 bits per heavy atom. The number of hydrogen-bond donors (Lipinski definition) is 1. The van der Waals surface area contributed by atoms with Crippen LogP contribution in [0.25, 0.3) is 0 Å². The smallest absolute Gasteiger partial charge is 0.322 e. The van der Waals surface area contributed by atoms with E-state index in [9.17, 15) is 4.79 Å². The summed E-state index contributed by atoms with van der Waals surface area (Å²) in [6.07, 6.45) is 0. The Morgan fingerprint density at radius 3 is 2.32 bits per heavy atom. The van der Waals surface area contributed by atoms with Crippen molar-refractivity contribution < 1.29 is 9.21 Å². The zero-order chi connectivity index (χ0) is 17.6. The van der Waals surface area contributed by atoms with Crippen molar-refractivity contribution in [1.82, 2.24) is 4.90 Å². The number of carbonyl (C=O) groups is 1. The minimum atomic E-state index is -0.146. The molecule has 0 unspecified atom stereocenters. The van der Waals surface area contributed by atoms with Crippen molar-refractivity contribution in [2.75, 3.05) is 5.32 Å². The van der Waals surface area contributed by atoms with Crippen molar-refractivity contribution in [3.8, 4) is 0 Å². The van der Waals surface area contributed by atoms with Crippen LogP contribution in [0, 0.1) is 13.8 Å². The van der Waals surface area contributed by atoms with E-state index < -0.39 is 0 Å². The van der Waals surface area contributed by atoms with E-state index in [2.05, 4.69) is 5.32 Å². The molecule has 4 nitrogen and oxygen atoms in total. The van der Waals surface area contributed by atoms with Crippen LogP contribution in [0.1, 0.15) is 22.6 Å². The maximum Gasteiger partial charge on any atom is 0.322 e. The van der Waals surface area contributed by atoms with Gasteiger partial charge in [-0.15, -0.1) is 0 Å². The quantitative estimate of drug-likeness (QED) is 0.703. The molecular weight excluding hydrogens is 312 g/mol. The molecule has 0 atom stereocenters. The SMILES string of the molecule is Cc1ccc(CN(Cc2ccccc2)C(=O)Nc2ccccc2C)o1. The molecule has 0 aliphatic heterocycles. The van der Waals surface area contributed by atoms with Gasteiger partial charge >= 0.3 is 6.03 Å². The summed E-state index contributed by atoms with van der Waals surface area (Å²) in [7, 11) is 0. The fraction of sp³-hybridized carbons (Fsp3) is 0.190. The molecule has 0 bridgehead atoms. The Kier molecular flexibility index (Phi) is 5.19. The van der Waals surface area contributed by atoms with Gasteiger partial charge in [0.15, 0.2) is 0 Å². The van der Waals surface area contributed by atoms with Crippen molar-refractivity contribution in [2.24, 2.45) is 0 Å². The van der Waals surface area contributed by atoms with Crippen molar-refractivity contribution in [3.63, 3.8) is 0 Å². The van der Waals surface area contributed by atoms with Crippen LogP contribution in [0.4, 0.5) is 10.5 Å². The number of amides is 2. The summed E-state index contributed by atoms with van der Waals surface area (Å²) in [6.45, 7) is 4.81. The van der Waals surface area contributed by atoms with Crippen molar-refractivity contribution in [1.29, 1.82) is 0 Å². The van der Waals surface area contributed by atoms with Crippen LogP contribution < -0.4 is 5.32 Å². The third kappa shape index (κ3) is 4.51. The maximum absolute atomic E-state index is 12.9. The van der Waals surface area contributed by atoms with E-state index in [1.54, 1.807) is 4.90 Å². The zero-order valence-corrected chi connectivity index (χ0v) is 14.5. The maximum atomic E-state index is 12.9. The summed E-state index contributed by atoms with van der Waals surface area (Å²) in [4.78, 5) is 14.6.